The van der Waals surface area contributed by atoms with E-state index in [9.17, 15) is 0 Å². The van der Waals surface area contributed by atoms with Gasteiger partial charge in [0.05, 0.1) is 11.6 Å². The molecule has 0 N–H and O–H groups in total. The van der Waals surface area contributed by atoms with Crippen LogP contribution < -0.4 is 4.90 Å². The van der Waals surface area contributed by atoms with Crippen LogP contribution in [0.25, 0.3) is 0 Å². The highest BCUT2D eigenvalue weighted by Gasteiger charge is 2.33. The summed E-state index contributed by atoms with van der Waals surface area (Å²) in [5, 5.41) is 8.84. The quantitative estimate of drug-likeness (QED) is 0.621. The van der Waals surface area contributed by atoms with Crippen molar-refractivity contribution in [3.05, 3.63) is 29.3 Å². The first-order valence-corrected chi connectivity index (χ1v) is 4.80. The molecule has 72 valence electrons. The summed E-state index contributed by atoms with van der Waals surface area (Å²) in [7, 11) is 2.10. The Hall–Kier alpha value is -1.49. The minimum atomic E-state index is 0.164. The van der Waals surface area contributed by atoms with Crippen LogP contribution in [-0.2, 0) is 5.41 Å². The number of anilines is 1. The highest BCUT2D eigenvalue weighted by Crippen LogP contribution is 2.39. The van der Waals surface area contributed by atoms with E-state index in [1.165, 1.54) is 11.3 Å². The first-order valence-electron chi connectivity index (χ1n) is 4.80. The number of likely N-dealkylation sites (N-methyl/N-ethyl adjacent to an activating group) is 1. The van der Waals surface area contributed by atoms with E-state index in [2.05, 4.69) is 31.9 Å². The van der Waals surface area contributed by atoms with Crippen molar-refractivity contribution in [2.45, 2.75) is 19.3 Å². The second-order valence-electron chi connectivity index (χ2n) is 4.58. The Bertz CT molecular complexity index is 413. The SMILES string of the molecule is CN1CC(C)(C)c2cc(C#N)ccc21. The van der Waals surface area contributed by atoms with Gasteiger partial charge < -0.3 is 4.90 Å². The molecule has 1 aromatic rings. The van der Waals surface area contributed by atoms with Gasteiger partial charge in [0.2, 0.25) is 0 Å². The van der Waals surface area contributed by atoms with Gasteiger partial charge in [0, 0.05) is 24.7 Å². The van der Waals surface area contributed by atoms with E-state index in [-0.39, 0.29) is 5.41 Å². The van der Waals surface area contributed by atoms with Gasteiger partial charge in [-0.05, 0) is 23.8 Å². The van der Waals surface area contributed by atoms with Crippen LogP contribution >= 0.6 is 0 Å². The number of hydrogen-bond donors (Lipinski definition) is 0. The van der Waals surface area contributed by atoms with Crippen LogP contribution in [0, 0.1) is 11.3 Å². The van der Waals surface area contributed by atoms with Gasteiger partial charge in [0.25, 0.3) is 0 Å². The molecule has 0 aliphatic carbocycles. The maximum Gasteiger partial charge on any atom is 0.0991 e. The van der Waals surface area contributed by atoms with Gasteiger partial charge in [-0.3, -0.25) is 0 Å². The third kappa shape index (κ3) is 1.17. The van der Waals surface area contributed by atoms with Crippen molar-refractivity contribution in [1.82, 2.24) is 0 Å². The Morgan fingerprint density at radius 1 is 1.43 bits per heavy atom. The molecule has 2 rings (SSSR count). The normalized spacial score (nSPS) is 17.7. The molecule has 2 nitrogen and oxygen atoms in total. The summed E-state index contributed by atoms with van der Waals surface area (Å²) in [6, 6.07) is 8.13. The number of nitrogens with zero attached hydrogens (tertiary/aromatic N) is 2. The van der Waals surface area contributed by atoms with Gasteiger partial charge in [-0.25, -0.2) is 0 Å². The molecule has 14 heavy (non-hydrogen) atoms. The average Bonchev–Trinajstić information content (AvgIpc) is 2.37. The summed E-state index contributed by atoms with van der Waals surface area (Å²) in [6.07, 6.45) is 0. The lowest BCUT2D eigenvalue weighted by molar-refractivity contribution is 0.563. The highest BCUT2D eigenvalue weighted by molar-refractivity contribution is 5.63. The van der Waals surface area contributed by atoms with Crippen molar-refractivity contribution in [2.75, 3.05) is 18.5 Å². The molecular weight excluding hydrogens is 172 g/mol. The van der Waals surface area contributed by atoms with E-state index in [0.717, 1.165) is 12.1 Å². The number of benzene rings is 1. The van der Waals surface area contributed by atoms with Crippen molar-refractivity contribution < 1.29 is 0 Å². The van der Waals surface area contributed by atoms with Crippen LogP contribution in [-0.4, -0.2) is 13.6 Å². The zero-order chi connectivity index (χ0) is 10.3. The Morgan fingerprint density at radius 2 is 2.14 bits per heavy atom. The predicted octanol–water partition coefficient (Wildman–Crippen LogP) is 2.29. The fourth-order valence-corrected chi connectivity index (χ4v) is 2.24. The van der Waals surface area contributed by atoms with Crippen LogP contribution in [0.2, 0.25) is 0 Å². The molecule has 1 heterocycles. The van der Waals surface area contributed by atoms with Crippen LogP contribution in [0.15, 0.2) is 18.2 Å². The molecule has 0 radical (unpaired) electrons. The topological polar surface area (TPSA) is 27.0 Å². The number of rotatable bonds is 0. The Labute approximate surface area is 84.8 Å². The first-order chi connectivity index (χ1) is 6.54. The molecule has 0 unspecified atom stereocenters. The molecule has 1 aliphatic heterocycles. The highest BCUT2D eigenvalue weighted by atomic mass is 15.1. The summed E-state index contributed by atoms with van der Waals surface area (Å²) < 4.78 is 0. The van der Waals surface area contributed by atoms with Gasteiger partial charge in [0.1, 0.15) is 0 Å². The third-order valence-electron chi connectivity index (χ3n) is 2.90. The van der Waals surface area contributed by atoms with Crippen LogP contribution in [0.3, 0.4) is 0 Å². The van der Waals surface area contributed by atoms with E-state index >= 15 is 0 Å². The number of fused-ring (bicyclic) bond motifs is 1. The zero-order valence-electron chi connectivity index (χ0n) is 8.83. The van der Waals surface area contributed by atoms with E-state index in [1.807, 2.05) is 18.2 Å². The summed E-state index contributed by atoms with van der Waals surface area (Å²) in [4.78, 5) is 2.25. The maximum absolute atomic E-state index is 8.84. The van der Waals surface area contributed by atoms with Crippen molar-refractivity contribution in [3.63, 3.8) is 0 Å². The molecule has 0 fully saturated rings. The third-order valence-corrected chi connectivity index (χ3v) is 2.90. The largest absolute Gasteiger partial charge is 0.373 e. The minimum absolute atomic E-state index is 0.164. The molecular formula is C12H14N2. The van der Waals surface area contributed by atoms with Crippen molar-refractivity contribution in [2.24, 2.45) is 0 Å². The Kier molecular flexibility index (Phi) is 1.78. The minimum Gasteiger partial charge on any atom is -0.373 e. The Balaban J connectivity index is 2.60. The van der Waals surface area contributed by atoms with Crippen molar-refractivity contribution in [3.8, 4) is 6.07 Å². The van der Waals surface area contributed by atoms with Crippen LogP contribution in [0.4, 0.5) is 5.69 Å². The lowest BCUT2D eigenvalue weighted by Gasteiger charge is -2.18. The first kappa shape index (κ1) is 9.08. The fourth-order valence-electron chi connectivity index (χ4n) is 2.24. The van der Waals surface area contributed by atoms with Crippen molar-refractivity contribution >= 4 is 5.69 Å². The standard InChI is InChI=1S/C12H14N2/c1-12(2)8-14(3)11-5-4-9(7-13)6-10(11)12/h4-6H,8H2,1-3H3. The number of nitriles is 1. The fraction of sp³-hybridized carbons (Fsp3) is 0.417. The van der Waals surface area contributed by atoms with E-state index in [4.69, 9.17) is 5.26 Å². The second-order valence-corrected chi connectivity index (χ2v) is 4.58. The molecule has 0 saturated heterocycles. The molecule has 1 aromatic carbocycles. The summed E-state index contributed by atoms with van der Waals surface area (Å²) in [5.41, 5.74) is 3.47. The average molecular weight is 186 g/mol. The summed E-state index contributed by atoms with van der Waals surface area (Å²) in [6.45, 7) is 5.46. The Morgan fingerprint density at radius 3 is 2.79 bits per heavy atom. The molecule has 2 heteroatoms. The van der Waals surface area contributed by atoms with E-state index in [1.54, 1.807) is 0 Å². The summed E-state index contributed by atoms with van der Waals surface area (Å²) >= 11 is 0. The lowest BCUT2D eigenvalue weighted by atomic mass is 9.86. The van der Waals surface area contributed by atoms with Gasteiger partial charge in [-0.2, -0.15) is 5.26 Å². The molecule has 0 saturated carbocycles. The van der Waals surface area contributed by atoms with Gasteiger partial charge in [0.15, 0.2) is 0 Å². The maximum atomic E-state index is 8.84. The van der Waals surface area contributed by atoms with Crippen molar-refractivity contribution in [1.29, 1.82) is 5.26 Å². The summed E-state index contributed by atoms with van der Waals surface area (Å²) in [5.74, 6) is 0. The van der Waals surface area contributed by atoms with Crippen LogP contribution in [0.5, 0.6) is 0 Å². The smallest absolute Gasteiger partial charge is 0.0991 e. The van der Waals surface area contributed by atoms with Gasteiger partial charge in [-0.15, -0.1) is 0 Å². The predicted molar refractivity (Wildman–Crippen MR) is 57.5 cm³/mol. The van der Waals surface area contributed by atoms with Gasteiger partial charge in [-0.1, -0.05) is 13.8 Å². The molecule has 0 aromatic heterocycles. The molecule has 0 amide bonds. The lowest BCUT2D eigenvalue weighted by Crippen LogP contribution is -2.24. The molecule has 0 bridgehead atoms. The zero-order valence-corrected chi connectivity index (χ0v) is 8.83. The van der Waals surface area contributed by atoms with Gasteiger partial charge >= 0.3 is 0 Å². The second kappa shape index (κ2) is 2.75. The molecule has 0 atom stereocenters. The van der Waals surface area contributed by atoms with Crippen LogP contribution in [0.1, 0.15) is 25.0 Å². The monoisotopic (exact) mass is 186 g/mol. The van der Waals surface area contributed by atoms with E-state index in [0.29, 0.717) is 0 Å². The van der Waals surface area contributed by atoms with E-state index < -0.39 is 0 Å². The molecule has 0 spiro atoms. The molecule has 1 aliphatic rings. The number of hydrogen-bond acceptors (Lipinski definition) is 2.